The lowest BCUT2D eigenvalue weighted by molar-refractivity contribution is 0.415. The lowest BCUT2D eigenvalue weighted by Gasteiger charge is -2.07. The zero-order valence-corrected chi connectivity index (χ0v) is 11.6. The first-order valence-corrected chi connectivity index (χ1v) is 6.95. The average molecular weight is 281 g/mol. The van der Waals surface area contributed by atoms with Crippen LogP contribution in [0.1, 0.15) is 12.8 Å². The van der Waals surface area contributed by atoms with Crippen LogP contribution in [-0.2, 0) is 0 Å². The van der Waals surface area contributed by atoms with E-state index in [1.165, 1.54) is 12.8 Å². The summed E-state index contributed by atoms with van der Waals surface area (Å²) in [5.41, 5.74) is 2.48. The van der Waals surface area contributed by atoms with E-state index >= 15 is 0 Å². The number of fused-ring (bicyclic) bond motifs is 1. The molecule has 3 aromatic rings. The molecule has 0 atom stereocenters. The van der Waals surface area contributed by atoms with Gasteiger partial charge >= 0.3 is 0 Å². The van der Waals surface area contributed by atoms with Crippen LogP contribution < -0.4 is 10.1 Å². The summed E-state index contributed by atoms with van der Waals surface area (Å²) >= 11 is 0. The third-order valence-electron chi connectivity index (χ3n) is 3.55. The van der Waals surface area contributed by atoms with Crippen molar-refractivity contribution >= 4 is 17.0 Å². The molecule has 6 nitrogen and oxygen atoms in total. The van der Waals surface area contributed by atoms with Gasteiger partial charge in [-0.25, -0.2) is 15.0 Å². The minimum absolute atomic E-state index is 0.523. The molecule has 1 saturated carbocycles. The van der Waals surface area contributed by atoms with Crippen molar-refractivity contribution in [1.82, 2.24) is 19.9 Å². The molecule has 0 saturated heterocycles. The molecule has 6 heteroatoms. The number of aromatic amines is 1. The van der Waals surface area contributed by atoms with Crippen molar-refractivity contribution in [3.63, 3.8) is 0 Å². The van der Waals surface area contributed by atoms with Crippen LogP contribution in [0.3, 0.4) is 0 Å². The Labute approximate surface area is 121 Å². The SMILES string of the molecule is COc1ccc(-c2nc(NC3CC3)c3[nH]cnc3n2)cc1. The van der Waals surface area contributed by atoms with Crippen molar-refractivity contribution in [2.75, 3.05) is 12.4 Å². The van der Waals surface area contributed by atoms with Crippen LogP contribution in [0.2, 0.25) is 0 Å². The van der Waals surface area contributed by atoms with Crippen LogP contribution in [0, 0.1) is 0 Å². The van der Waals surface area contributed by atoms with Crippen molar-refractivity contribution in [2.45, 2.75) is 18.9 Å². The van der Waals surface area contributed by atoms with E-state index in [2.05, 4.69) is 25.3 Å². The maximum absolute atomic E-state index is 5.18. The highest BCUT2D eigenvalue weighted by Gasteiger charge is 2.23. The molecule has 0 amide bonds. The second-order valence-electron chi connectivity index (χ2n) is 5.14. The Kier molecular flexibility index (Phi) is 2.73. The summed E-state index contributed by atoms with van der Waals surface area (Å²) in [6, 6.07) is 8.24. The number of benzene rings is 1. The van der Waals surface area contributed by atoms with E-state index in [1.807, 2.05) is 24.3 Å². The van der Waals surface area contributed by atoms with Gasteiger partial charge in [0.15, 0.2) is 17.3 Å². The van der Waals surface area contributed by atoms with Crippen LogP contribution in [-0.4, -0.2) is 33.1 Å². The molecule has 1 aliphatic rings. The first-order chi connectivity index (χ1) is 10.3. The number of methoxy groups -OCH3 is 1. The van der Waals surface area contributed by atoms with Crippen molar-refractivity contribution in [3.05, 3.63) is 30.6 Å². The van der Waals surface area contributed by atoms with Gasteiger partial charge in [0.05, 0.1) is 13.4 Å². The number of H-pyrrole nitrogens is 1. The third-order valence-corrected chi connectivity index (χ3v) is 3.55. The molecule has 4 rings (SSSR count). The number of rotatable bonds is 4. The molecule has 0 aliphatic heterocycles. The minimum Gasteiger partial charge on any atom is -0.497 e. The minimum atomic E-state index is 0.523. The Morgan fingerprint density at radius 2 is 2.00 bits per heavy atom. The molecule has 1 fully saturated rings. The summed E-state index contributed by atoms with van der Waals surface area (Å²) in [7, 11) is 1.65. The Bertz CT molecular complexity index is 776. The van der Waals surface area contributed by atoms with Gasteiger partial charge in [-0.05, 0) is 37.1 Å². The Balaban J connectivity index is 1.79. The molecule has 0 bridgehead atoms. The van der Waals surface area contributed by atoms with Crippen LogP contribution >= 0.6 is 0 Å². The molecule has 0 unspecified atom stereocenters. The van der Waals surface area contributed by atoms with E-state index in [0.29, 0.717) is 17.5 Å². The molecular formula is C15H15N5O. The number of anilines is 1. The van der Waals surface area contributed by atoms with Gasteiger partial charge in [0.25, 0.3) is 0 Å². The van der Waals surface area contributed by atoms with Crippen molar-refractivity contribution < 1.29 is 4.74 Å². The number of nitrogens with one attached hydrogen (secondary N) is 2. The maximum Gasteiger partial charge on any atom is 0.183 e. The summed E-state index contributed by atoms with van der Waals surface area (Å²) in [6.07, 6.45) is 4.03. The Hall–Kier alpha value is -2.63. The molecule has 2 heterocycles. The molecule has 0 spiro atoms. The van der Waals surface area contributed by atoms with E-state index in [1.54, 1.807) is 13.4 Å². The van der Waals surface area contributed by atoms with Gasteiger partial charge in [0.2, 0.25) is 0 Å². The summed E-state index contributed by atoms with van der Waals surface area (Å²) in [4.78, 5) is 16.5. The number of ether oxygens (including phenoxy) is 1. The second kappa shape index (κ2) is 4.73. The molecule has 0 radical (unpaired) electrons. The van der Waals surface area contributed by atoms with E-state index in [4.69, 9.17) is 4.74 Å². The maximum atomic E-state index is 5.18. The smallest absolute Gasteiger partial charge is 0.183 e. The zero-order chi connectivity index (χ0) is 14.2. The molecular weight excluding hydrogens is 266 g/mol. The highest BCUT2D eigenvalue weighted by molar-refractivity contribution is 5.84. The van der Waals surface area contributed by atoms with Crippen LogP contribution in [0.15, 0.2) is 30.6 Å². The molecule has 21 heavy (non-hydrogen) atoms. The van der Waals surface area contributed by atoms with Crippen molar-refractivity contribution in [3.8, 4) is 17.1 Å². The van der Waals surface area contributed by atoms with Crippen molar-refractivity contribution in [1.29, 1.82) is 0 Å². The molecule has 2 aromatic heterocycles. The lowest BCUT2D eigenvalue weighted by atomic mass is 10.2. The second-order valence-corrected chi connectivity index (χ2v) is 5.14. The highest BCUT2D eigenvalue weighted by atomic mass is 16.5. The first kappa shape index (κ1) is 12.1. The number of imidazole rings is 1. The summed E-state index contributed by atoms with van der Waals surface area (Å²) in [5, 5.41) is 3.43. The third kappa shape index (κ3) is 2.29. The summed E-state index contributed by atoms with van der Waals surface area (Å²) in [6.45, 7) is 0. The van der Waals surface area contributed by atoms with E-state index < -0.39 is 0 Å². The van der Waals surface area contributed by atoms with Gasteiger partial charge in [-0.1, -0.05) is 0 Å². The van der Waals surface area contributed by atoms with E-state index in [0.717, 1.165) is 22.6 Å². The normalized spacial score (nSPS) is 14.3. The predicted octanol–water partition coefficient (Wildman–Crippen LogP) is 2.60. The first-order valence-electron chi connectivity index (χ1n) is 6.95. The average Bonchev–Trinajstić information content (AvgIpc) is 3.21. The van der Waals surface area contributed by atoms with Gasteiger partial charge in [-0.15, -0.1) is 0 Å². The van der Waals surface area contributed by atoms with Crippen LogP contribution in [0.4, 0.5) is 5.82 Å². The molecule has 1 aromatic carbocycles. The Morgan fingerprint density at radius 3 is 2.71 bits per heavy atom. The highest BCUT2D eigenvalue weighted by Crippen LogP contribution is 2.29. The lowest BCUT2D eigenvalue weighted by Crippen LogP contribution is -2.05. The summed E-state index contributed by atoms with van der Waals surface area (Å²) in [5.74, 6) is 2.31. The molecule has 2 N–H and O–H groups in total. The number of nitrogens with zero attached hydrogens (tertiary/aromatic N) is 3. The molecule has 106 valence electrons. The van der Waals surface area contributed by atoms with E-state index in [9.17, 15) is 0 Å². The predicted molar refractivity (Wildman–Crippen MR) is 80.3 cm³/mol. The van der Waals surface area contributed by atoms with Gasteiger partial charge in [-0.3, -0.25) is 0 Å². The topological polar surface area (TPSA) is 75.7 Å². The number of hydrogen-bond donors (Lipinski definition) is 2. The number of hydrogen-bond acceptors (Lipinski definition) is 5. The standard InChI is InChI=1S/C15H15N5O/c1-21-11-6-2-9(3-7-11)13-19-14-12(16-8-17-14)15(20-13)18-10-4-5-10/h2-3,6-8,10H,4-5H2,1H3,(H2,16,17,18,19,20). The number of aromatic nitrogens is 4. The van der Waals surface area contributed by atoms with E-state index in [-0.39, 0.29) is 0 Å². The summed E-state index contributed by atoms with van der Waals surface area (Å²) < 4.78 is 5.18. The zero-order valence-electron chi connectivity index (χ0n) is 11.6. The largest absolute Gasteiger partial charge is 0.497 e. The fourth-order valence-electron chi connectivity index (χ4n) is 2.23. The van der Waals surface area contributed by atoms with Crippen LogP contribution in [0.25, 0.3) is 22.6 Å². The monoisotopic (exact) mass is 281 g/mol. The molecule has 1 aliphatic carbocycles. The fraction of sp³-hybridized carbons (Fsp3) is 0.267. The Morgan fingerprint density at radius 1 is 1.19 bits per heavy atom. The van der Waals surface area contributed by atoms with Gasteiger partial charge in [0.1, 0.15) is 11.3 Å². The van der Waals surface area contributed by atoms with Gasteiger partial charge < -0.3 is 15.0 Å². The fourth-order valence-corrected chi connectivity index (χ4v) is 2.23. The van der Waals surface area contributed by atoms with Crippen molar-refractivity contribution in [2.24, 2.45) is 0 Å². The quantitative estimate of drug-likeness (QED) is 0.768. The van der Waals surface area contributed by atoms with Gasteiger partial charge in [-0.2, -0.15) is 0 Å². The van der Waals surface area contributed by atoms with Crippen LogP contribution in [0.5, 0.6) is 5.75 Å². The van der Waals surface area contributed by atoms with Gasteiger partial charge in [0, 0.05) is 11.6 Å².